The highest BCUT2D eigenvalue weighted by Gasteiger charge is 2.18. The van der Waals surface area contributed by atoms with Gasteiger partial charge in [-0.1, -0.05) is 31.0 Å². The number of carbonyl (C=O) groups excluding carboxylic acids is 1. The minimum Gasteiger partial charge on any atom is -0.294 e. The Bertz CT molecular complexity index is 502. The molecule has 19 heavy (non-hydrogen) atoms. The molecule has 1 heterocycles. The number of Topliss-reactive ketones (excluding diaryl/α,β-unsaturated/α-hetero) is 1. The van der Waals surface area contributed by atoms with Crippen LogP contribution in [0.1, 0.15) is 50.4 Å². The van der Waals surface area contributed by atoms with E-state index in [0.29, 0.717) is 11.4 Å². The Balaban J connectivity index is 2.14. The van der Waals surface area contributed by atoms with Crippen LogP contribution in [0, 0.1) is 0 Å². The van der Waals surface area contributed by atoms with E-state index in [2.05, 4.69) is 11.2 Å². The smallest absolute Gasteiger partial charge is 0.164 e. The first-order chi connectivity index (χ1) is 9.13. The topological polar surface area (TPSA) is 34.9 Å². The number of aryl methyl sites for hydroxylation is 2. The van der Waals surface area contributed by atoms with Crippen LogP contribution in [0.25, 0.3) is 0 Å². The molecule has 1 aromatic heterocycles. The summed E-state index contributed by atoms with van der Waals surface area (Å²) in [6.45, 7) is 2.02. The lowest BCUT2D eigenvalue weighted by atomic mass is 10.0. The molecule has 3 nitrogen and oxygen atoms in total. The number of allylic oxidation sites excluding steroid dienone is 2. The SMILES string of the molecule is CCc1nn(C)c(CC(=O)C2=CCCCCC2)c1Cl. The second-order valence-corrected chi connectivity index (χ2v) is 5.49. The number of nitrogens with zero attached hydrogens (tertiary/aromatic N) is 2. The van der Waals surface area contributed by atoms with Crippen LogP contribution < -0.4 is 0 Å². The predicted molar refractivity (Wildman–Crippen MR) is 77.5 cm³/mol. The van der Waals surface area contributed by atoms with Crippen molar-refractivity contribution < 1.29 is 4.79 Å². The Morgan fingerprint density at radius 1 is 1.42 bits per heavy atom. The van der Waals surface area contributed by atoms with Crippen molar-refractivity contribution in [1.82, 2.24) is 9.78 Å². The number of ketones is 1. The first-order valence-corrected chi connectivity index (χ1v) is 7.43. The van der Waals surface area contributed by atoms with Crippen molar-refractivity contribution in [2.24, 2.45) is 7.05 Å². The van der Waals surface area contributed by atoms with Gasteiger partial charge in [0.1, 0.15) is 0 Å². The number of hydrogen-bond acceptors (Lipinski definition) is 2. The Kier molecular flexibility index (Phi) is 4.81. The Labute approximate surface area is 119 Å². The van der Waals surface area contributed by atoms with Gasteiger partial charge in [-0.25, -0.2) is 0 Å². The monoisotopic (exact) mass is 280 g/mol. The molecule has 0 unspecified atom stereocenters. The first-order valence-electron chi connectivity index (χ1n) is 7.06. The van der Waals surface area contributed by atoms with Gasteiger partial charge >= 0.3 is 0 Å². The second kappa shape index (κ2) is 6.38. The molecule has 0 aromatic carbocycles. The highest BCUT2D eigenvalue weighted by molar-refractivity contribution is 6.32. The van der Waals surface area contributed by atoms with Crippen molar-refractivity contribution in [2.75, 3.05) is 0 Å². The molecular formula is C15H21ClN2O. The molecule has 0 N–H and O–H groups in total. The van der Waals surface area contributed by atoms with Gasteiger partial charge in [-0.3, -0.25) is 9.48 Å². The largest absolute Gasteiger partial charge is 0.294 e. The fourth-order valence-corrected chi connectivity index (χ4v) is 2.91. The van der Waals surface area contributed by atoms with Crippen molar-refractivity contribution in [3.8, 4) is 0 Å². The maximum Gasteiger partial charge on any atom is 0.164 e. The molecule has 0 atom stereocenters. The number of aromatic nitrogens is 2. The van der Waals surface area contributed by atoms with Gasteiger partial charge in [-0.15, -0.1) is 0 Å². The second-order valence-electron chi connectivity index (χ2n) is 5.11. The average Bonchev–Trinajstić information content (AvgIpc) is 2.64. The summed E-state index contributed by atoms with van der Waals surface area (Å²) in [4.78, 5) is 12.4. The van der Waals surface area contributed by atoms with Crippen LogP contribution in [-0.2, 0) is 24.7 Å². The molecule has 0 radical (unpaired) electrons. The van der Waals surface area contributed by atoms with Gasteiger partial charge < -0.3 is 0 Å². The molecular weight excluding hydrogens is 260 g/mol. The van der Waals surface area contributed by atoms with E-state index in [1.54, 1.807) is 4.68 Å². The lowest BCUT2D eigenvalue weighted by Crippen LogP contribution is -2.10. The molecule has 0 fully saturated rings. The van der Waals surface area contributed by atoms with E-state index >= 15 is 0 Å². The standard InChI is InChI=1S/C15H21ClN2O/c1-3-12-15(16)13(18(2)17-12)10-14(19)11-8-6-4-5-7-9-11/h8H,3-7,9-10H2,1-2H3. The van der Waals surface area contributed by atoms with Crippen LogP contribution in [0.2, 0.25) is 5.02 Å². The summed E-state index contributed by atoms with van der Waals surface area (Å²) in [5.74, 6) is 0.203. The van der Waals surface area contributed by atoms with Gasteiger partial charge in [0, 0.05) is 7.05 Å². The number of halogens is 1. The van der Waals surface area contributed by atoms with Crippen LogP contribution in [-0.4, -0.2) is 15.6 Å². The molecule has 104 valence electrons. The van der Waals surface area contributed by atoms with Crippen LogP contribution in [0.5, 0.6) is 0 Å². The Morgan fingerprint density at radius 2 is 2.21 bits per heavy atom. The number of rotatable bonds is 4. The lowest BCUT2D eigenvalue weighted by Gasteiger charge is -2.05. The van der Waals surface area contributed by atoms with E-state index in [0.717, 1.165) is 42.6 Å². The summed E-state index contributed by atoms with van der Waals surface area (Å²) >= 11 is 6.29. The molecule has 0 bridgehead atoms. The normalized spacial score (nSPS) is 16.1. The quantitative estimate of drug-likeness (QED) is 0.844. The van der Waals surface area contributed by atoms with Crippen molar-refractivity contribution >= 4 is 17.4 Å². The van der Waals surface area contributed by atoms with Gasteiger partial charge in [-0.2, -0.15) is 5.10 Å². The van der Waals surface area contributed by atoms with Crippen LogP contribution >= 0.6 is 11.6 Å². The van der Waals surface area contributed by atoms with Gasteiger partial charge in [0.15, 0.2) is 5.78 Å². The van der Waals surface area contributed by atoms with Crippen molar-refractivity contribution in [1.29, 1.82) is 0 Å². The lowest BCUT2D eigenvalue weighted by molar-refractivity contribution is -0.115. The minimum atomic E-state index is 0.203. The average molecular weight is 281 g/mol. The van der Waals surface area contributed by atoms with E-state index in [9.17, 15) is 4.79 Å². The zero-order valence-corrected chi connectivity index (χ0v) is 12.5. The third-order valence-electron chi connectivity index (χ3n) is 3.73. The maximum absolute atomic E-state index is 12.4. The van der Waals surface area contributed by atoms with E-state index in [1.165, 1.54) is 12.8 Å². The summed E-state index contributed by atoms with van der Waals surface area (Å²) in [5.41, 5.74) is 2.70. The Hall–Kier alpha value is -1.09. The molecule has 4 heteroatoms. The molecule has 1 aromatic rings. The number of carbonyl (C=O) groups is 1. The summed E-state index contributed by atoms with van der Waals surface area (Å²) in [7, 11) is 1.86. The molecule has 0 saturated carbocycles. The third-order valence-corrected chi connectivity index (χ3v) is 4.17. The third kappa shape index (κ3) is 3.27. The van der Waals surface area contributed by atoms with Crippen molar-refractivity contribution in [3.63, 3.8) is 0 Å². The fourth-order valence-electron chi connectivity index (χ4n) is 2.55. The van der Waals surface area contributed by atoms with Gasteiger partial charge in [0.05, 0.1) is 22.8 Å². The highest BCUT2D eigenvalue weighted by atomic mass is 35.5. The molecule has 1 aliphatic carbocycles. The minimum absolute atomic E-state index is 0.203. The van der Waals surface area contributed by atoms with Crippen LogP contribution in [0.15, 0.2) is 11.6 Å². The van der Waals surface area contributed by atoms with Gasteiger partial charge in [0.25, 0.3) is 0 Å². The Morgan fingerprint density at radius 3 is 2.89 bits per heavy atom. The number of hydrogen-bond donors (Lipinski definition) is 0. The summed E-state index contributed by atoms with van der Waals surface area (Å²) in [6.07, 6.45) is 8.76. The van der Waals surface area contributed by atoms with Crippen molar-refractivity contribution in [3.05, 3.63) is 28.1 Å². The van der Waals surface area contributed by atoms with Crippen LogP contribution in [0.4, 0.5) is 0 Å². The zero-order chi connectivity index (χ0) is 13.8. The van der Waals surface area contributed by atoms with E-state index in [-0.39, 0.29) is 5.78 Å². The van der Waals surface area contributed by atoms with Crippen molar-refractivity contribution in [2.45, 2.75) is 51.9 Å². The zero-order valence-electron chi connectivity index (χ0n) is 11.7. The van der Waals surface area contributed by atoms with Gasteiger partial charge in [-0.05, 0) is 37.7 Å². The molecule has 1 aliphatic rings. The molecule has 0 amide bonds. The highest BCUT2D eigenvalue weighted by Crippen LogP contribution is 2.24. The molecule has 0 aliphatic heterocycles. The predicted octanol–water partition coefficient (Wildman–Crippen LogP) is 3.64. The van der Waals surface area contributed by atoms with E-state index in [1.807, 2.05) is 14.0 Å². The first kappa shape index (κ1) is 14.3. The van der Waals surface area contributed by atoms with E-state index in [4.69, 9.17) is 11.6 Å². The van der Waals surface area contributed by atoms with Gasteiger partial charge in [0.2, 0.25) is 0 Å². The summed E-state index contributed by atoms with van der Waals surface area (Å²) in [5, 5.41) is 5.02. The molecule has 2 rings (SSSR count). The maximum atomic E-state index is 12.4. The van der Waals surface area contributed by atoms with Crippen LogP contribution in [0.3, 0.4) is 0 Å². The van der Waals surface area contributed by atoms with E-state index < -0.39 is 0 Å². The molecule has 0 saturated heterocycles. The molecule has 0 spiro atoms. The summed E-state index contributed by atoms with van der Waals surface area (Å²) < 4.78 is 1.75. The summed E-state index contributed by atoms with van der Waals surface area (Å²) in [6, 6.07) is 0. The fraction of sp³-hybridized carbons (Fsp3) is 0.600.